The molecule has 1 aromatic heterocycles. The van der Waals surface area contributed by atoms with Crippen LogP contribution in [-0.4, -0.2) is 59.9 Å². The Balaban J connectivity index is 1.81. The van der Waals surface area contributed by atoms with E-state index in [0.29, 0.717) is 19.6 Å². The highest BCUT2D eigenvalue weighted by Crippen LogP contribution is 2.15. The number of carbonyl (C=O) groups excluding carboxylic acids is 1. The molecule has 2 N–H and O–H groups in total. The van der Waals surface area contributed by atoms with Gasteiger partial charge in [0, 0.05) is 31.7 Å². The van der Waals surface area contributed by atoms with Gasteiger partial charge in [0.1, 0.15) is 11.4 Å². The molecule has 0 aliphatic carbocycles. The summed E-state index contributed by atoms with van der Waals surface area (Å²) in [6.07, 6.45) is 0.516. The van der Waals surface area contributed by atoms with Crippen LogP contribution in [0.5, 0.6) is 0 Å². The highest BCUT2D eigenvalue weighted by molar-refractivity contribution is 5.80. The molecule has 1 fully saturated rings. The van der Waals surface area contributed by atoms with Crippen molar-refractivity contribution >= 4 is 12.1 Å². The number of nitrogens with zero attached hydrogens (tertiary/aromatic N) is 3. The number of guanidine groups is 1. The van der Waals surface area contributed by atoms with Crippen molar-refractivity contribution in [3.8, 4) is 0 Å². The molecule has 146 valence electrons. The molecule has 1 amide bonds. The molecule has 26 heavy (non-hydrogen) atoms. The number of likely N-dealkylation sites (tertiary alicyclic amines) is 1. The van der Waals surface area contributed by atoms with Gasteiger partial charge in [0.15, 0.2) is 5.96 Å². The van der Waals surface area contributed by atoms with E-state index in [1.54, 1.807) is 4.90 Å². The second-order valence-electron chi connectivity index (χ2n) is 7.54. The van der Waals surface area contributed by atoms with Gasteiger partial charge in [-0.2, -0.15) is 0 Å². The predicted octanol–water partition coefficient (Wildman–Crippen LogP) is 2.01. The second kappa shape index (κ2) is 8.42. The number of aryl methyl sites for hydroxylation is 2. The molecule has 2 heterocycles. The van der Waals surface area contributed by atoms with E-state index in [1.165, 1.54) is 0 Å². The molecule has 0 atom stereocenters. The molecule has 0 aromatic carbocycles. The Morgan fingerprint density at radius 1 is 1.38 bits per heavy atom. The van der Waals surface area contributed by atoms with Gasteiger partial charge in [-0.05, 0) is 48.0 Å². The third kappa shape index (κ3) is 5.64. The van der Waals surface area contributed by atoms with Crippen LogP contribution in [0.3, 0.4) is 0 Å². The molecule has 1 aliphatic heterocycles. The maximum atomic E-state index is 12.0. The van der Waals surface area contributed by atoms with Gasteiger partial charge in [-0.15, -0.1) is 0 Å². The lowest BCUT2D eigenvalue weighted by molar-refractivity contribution is 0.00701. The first-order valence-corrected chi connectivity index (χ1v) is 9.14. The van der Waals surface area contributed by atoms with Gasteiger partial charge in [0.2, 0.25) is 0 Å². The minimum atomic E-state index is -0.468. The molecular formula is C18H31N5O3. The molecule has 0 bridgehead atoms. The summed E-state index contributed by atoms with van der Waals surface area (Å²) in [5.74, 6) is 1.61. The highest BCUT2D eigenvalue weighted by atomic mass is 16.6. The summed E-state index contributed by atoms with van der Waals surface area (Å²) in [5.41, 5.74) is 1.57. The van der Waals surface area contributed by atoms with Gasteiger partial charge in [0.25, 0.3) is 0 Å². The van der Waals surface area contributed by atoms with Gasteiger partial charge in [-0.25, -0.2) is 4.79 Å². The Hall–Kier alpha value is -2.25. The second-order valence-corrected chi connectivity index (χ2v) is 7.54. The van der Waals surface area contributed by atoms with Crippen LogP contribution < -0.4 is 10.6 Å². The third-order valence-electron chi connectivity index (χ3n) is 4.03. The fraction of sp³-hybridized carbons (Fsp3) is 0.722. The topological polar surface area (TPSA) is 92.0 Å². The van der Waals surface area contributed by atoms with Crippen LogP contribution in [0.15, 0.2) is 9.52 Å². The molecule has 0 spiro atoms. The normalized spacial score (nSPS) is 15.6. The van der Waals surface area contributed by atoms with Gasteiger partial charge in [-0.1, -0.05) is 5.16 Å². The van der Waals surface area contributed by atoms with Crippen LogP contribution in [0, 0.1) is 13.8 Å². The number of nitrogens with one attached hydrogen (secondary N) is 2. The number of hydrogen-bond donors (Lipinski definition) is 2. The molecule has 8 heteroatoms. The maximum Gasteiger partial charge on any atom is 0.410 e. The SMILES string of the molecule is CCNC(=NCCc1c(C)noc1C)NC1CN(C(=O)OC(C)(C)C)C1. The maximum absolute atomic E-state index is 12.0. The first kappa shape index (κ1) is 20.1. The summed E-state index contributed by atoms with van der Waals surface area (Å²) in [6.45, 7) is 14.1. The van der Waals surface area contributed by atoms with E-state index in [9.17, 15) is 4.79 Å². The Bertz CT molecular complexity index is 622. The standard InChI is InChI=1S/C18H31N5O3/c1-7-19-16(20-9-8-15-12(2)22-26-13(15)3)21-14-10-23(11-14)17(24)25-18(4,5)6/h14H,7-11H2,1-6H3,(H2,19,20,21). The lowest BCUT2D eigenvalue weighted by Crippen LogP contribution is -2.63. The zero-order valence-corrected chi connectivity index (χ0v) is 16.7. The number of aromatic nitrogens is 1. The van der Waals surface area contributed by atoms with E-state index in [2.05, 4.69) is 20.8 Å². The van der Waals surface area contributed by atoms with E-state index < -0.39 is 5.60 Å². The van der Waals surface area contributed by atoms with Gasteiger partial charge in [0.05, 0.1) is 11.7 Å². The smallest absolute Gasteiger partial charge is 0.410 e. The van der Waals surface area contributed by atoms with Crippen molar-refractivity contribution in [1.82, 2.24) is 20.7 Å². The number of aliphatic imine (C=N–C) groups is 1. The van der Waals surface area contributed by atoms with E-state index in [-0.39, 0.29) is 12.1 Å². The van der Waals surface area contributed by atoms with Gasteiger partial charge < -0.3 is 24.8 Å². The number of amides is 1. The van der Waals surface area contributed by atoms with Crippen molar-refractivity contribution in [3.05, 3.63) is 17.0 Å². The van der Waals surface area contributed by atoms with Crippen LogP contribution in [-0.2, 0) is 11.2 Å². The van der Waals surface area contributed by atoms with Crippen molar-refractivity contribution in [2.75, 3.05) is 26.2 Å². The molecular weight excluding hydrogens is 334 g/mol. The Morgan fingerprint density at radius 3 is 2.62 bits per heavy atom. The Morgan fingerprint density at radius 2 is 2.08 bits per heavy atom. The third-order valence-corrected chi connectivity index (χ3v) is 4.03. The molecule has 8 nitrogen and oxygen atoms in total. The van der Waals surface area contributed by atoms with Crippen LogP contribution >= 0.6 is 0 Å². The Labute approximate surface area is 155 Å². The molecule has 1 aromatic rings. The molecule has 1 saturated heterocycles. The number of rotatable bonds is 5. The number of carbonyl (C=O) groups is 1. The average Bonchev–Trinajstić information content (AvgIpc) is 2.80. The molecule has 0 saturated carbocycles. The van der Waals surface area contributed by atoms with E-state index in [0.717, 1.165) is 35.9 Å². The van der Waals surface area contributed by atoms with Crippen molar-refractivity contribution in [1.29, 1.82) is 0 Å². The van der Waals surface area contributed by atoms with Crippen molar-refractivity contribution in [2.45, 2.75) is 59.6 Å². The average molecular weight is 365 g/mol. The summed E-state index contributed by atoms with van der Waals surface area (Å²) in [5, 5.41) is 10.6. The predicted molar refractivity (Wildman–Crippen MR) is 100 cm³/mol. The fourth-order valence-corrected chi connectivity index (χ4v) is 2.70. The van der Waals surface area contributed by atoms with Crippen LogP contribution in [0.2, 0.25) is 0 Å². The largest absolute Gasteiger partial charge is 0.444 e. The molecule has 0 unspecified atom stereocenters. The highest BCUT2D eigenvalue weighted by Gasteiger charge is 2.34. The lowest BCUT2D eigenvalue weighted by atomic mass is 10.1. The Kier molecular flexibility index (Phi) is 6.50. The summed E-state index contributed by atoms with van der Waals surface area (Å²) < 4.78 is 10.6. The molecule has 2 rings (SSSR count). The van der Waals surface area contributed by atoms with Crippen molar-refractivity contribution in [2.24, 2.45) is 4.99 Å². The zero-order chi connectivity index (χ0) is 19.3. The van der Waals surface area contributed by atoms with Crippen LogP contribution in [0.25, 0.3) is 0 Å². The first-order chi connectivity index (χ1) is 12.2. The molecule has 1 aliphatic rings. The quantitative estimate of drug-likeness (QED) is 0.613. The molecule has 0 radical (unpaired) electrons. The van der Waals surface area contributed by atoms with Crippen LogP contribution in [0.1, 0.15) is 44.7 Å². The van der Waals surface area contributed by atoms with Gasteiger partial charge in [-0.3, -0.25) is 4.99 Å². The van der Waals surface area contributed by atoms with E-state index in [4.69, 9.17) is 9.26 Å². The monoisotopic (exact) mass is 365 g/mol. The number of ether oxygens (including phenoxy) is 1. The fourth-order valence-electron chi connectivity index (χ4n) is 2.70. The van der Waals surface area contributed by atoms with Crippen molar-refractivity contribution < 1.29 is 14.1 Å². The first-order valence-electron chi connectivity index (χ1n) is 9.14. The lowest BCUT2D eigenvalue weighted by Gasteiger charge is -2.40. The van der Waals surface area contributed by atoms with Crippen molar-refractivity contribution in [3.63, 3.8) is 0 Å². The number of hydrogen-bond acceptors (Lipinski definition) is 5. The van der Waals surface area contributed by atoms with E-state index >= 15 is 0 Å². The summed E-state index contributed by atoms with van der Waals surface area (Å²) in [7, 11) is 0. The summed E-state index contributed by atoms with van der Waals surface area (Å²) in [6, 6.07) is 0.180. The summed E-state index contributed by atoms with van der Waals surface area (Å²) in [4.78, 5) is 18.3. The van der Waals surface area contributed by atoms with E-state index in [1.807, 2.05) is 41.5 Å². The van der Waals surface area contributed by atoms with Crippen LogP contribution in [0.4, 0.5) is 4.79 Å². The van der Waals surface area contributed by atoms with Gasteiger partial charge >= 0.3 is 6.09 Å². The zero-order valence-electron chi connectivity index (χ0n) is 16.7. The minimum Gasteiger partial charge on any atom is -0.444 e. The summed E-state index contributed by atoms with van der Waals surface area (Å²) >= 11 is 0. The minimum absolute atomic E-state index is 0.180.